The Balaban J connectivity index is 1.42. The van der Waals surface area contributed by atoms with Gasteiger partial charge in [0.05, 0.1) is 6.42 Å². The van der Waals surface area contributed by atoms with Gasteiger partial charge in [-0.3, -0.25) is 19.7 Å². The Kier molecular flexibility index (Phi) is 6.79. The standard InChI is InChI=1S/C24H30F3N3O3/c1-14(12-24(25,26)27)28-19-5-3-2-4-16(19)10-15-6-7-18-17(11-15)13-30(23(18)33)20-8-9-21(31)29-22(20)32/h6-7,11,14,16,19-20,28H,2-5,8-10,12-13H2,1H3,(H,29,31,32)/t14-,16+,19-,20?/m0/s1. The van der Waals surface area contributed by atoms with Crippen LogP contribution in [0.2, 0.25) is 0 Å². The fraction of sp³-hybridized carbons (Fsp3) is 0.625. The summed E-state index contributed by atoms with van der Waals surface area (Å²) in [7, 11) is 0. The number of alkyl halides is 3. The molecule has 0 spiro atoms. The molecule has 2 aliphatic heterocycles. The molecule has 6 nitrogen and oxygen atoms in total. The summed E-state index contributed by atoms with van der Waals surface area (Å²) in [6.45, 7) is 1.91. The van der Waals surface area contributed by atoms with Gasteiger partial charge in [0.1, 0.15) is 6.04 Å². The van der Waals surface area contributed by atoms with Crippen molar-refractivity contribution in [3.63, 3.8) is 0 Å². The van der Waals surface area contributed by atoms with Crippen LogP contribution in [0.3, 0.4) is 0 Å². The number of imide groups is 1. The van der Waals surface area contributed by atoms with Crippen LogP contribution in [0, 0.1) is 5.92 Å². The fourth-order valence-corrected chi connectivity index (χ4v) is 5.50. The average molecular weight is 466 g/mol. The molecule has 9 heteroatoms. The van der Waals surface area contributed by atoms with Crippen molar-refractivity contribution in [2.45, 2.75) is 89.1 Å². The molecule has 1 aromatic carbocycles. The van der Waals surface area contributed by atoms with E-state index in [-0.39, 0.29) is 30.2 Å². The van der Waals surface area contributed by atoms with E-state index in [1.54, 1.807) is 13.0 Å². The number of carbonyl (C=O) groups is 3. The lowest BCUT2D eigenvalue weighted by molar-refractivity contribution is -0.140. The Morgan fingerprint density at radius 1 is 1.15 bits per heavy atom. The molecule has 1 unspecified atom stereocenters. The third-order valence-electron chi connectivity index (χ3n) is 7.03. The van der Waals surface area contributed by atoms with Crippen LogP contribution in [0.15, 0.2) is 18.2 Å². The maximum atomic E-state index is 12.9. The number of hydrogen-bond acceptors (Lipinski definition) is 4. The molecule has 1 aromatic rings. The largest absolute Gasteiger partial charge is 0.390 e. The number of halogens is 3. The number of benzene rings is 1. The van der Waals surface area contributed by atoms with Crippen LogP contribution < -0.4 is 10.6 Å². The van der Waals surface area contributed by atoms with Gasteiger partial charge in [-0.15, -0.1) is 0 Å². The maximum absolute atomic E-state index is 12.9. The van der Waals surface area contributed by atoms with Gasteiger partial charge in [-0.25, -0.2) is 0 Å². The van der Waals surface area contributed by atoms with E-state index in [0.717, 1.165) is 43.2 Å². The highest BCUT2D eigenvalue weighted by Gasteiger charge is 2.39. The Bertz CT molecular complexity index is 933. The molecule has 1 saturated carbocycles. The van der Waals surface area contributed by atoms with E-state index in [0.29, 0.717) is 18.5 Å². The molecular weight excluding hydrogens is 435 g/mol. The summed E-state index contributed by atoms with van der Waals surface area (Å²) in [5, 5.41) is 5.51. The van der Waals surface area contributed by atoms with Gasteiger partial charge in [0.15, 0.2) is 0 Å². The van der Waals surface area contributed by atoms with E-state index in [4.69, 9.17) is 0 Å². The highest BCUT2D eigenvalue weighted by Crippen LogP contribution is 2.32. The normalized spacial score (nSPS) is 26.8. The van der Waals surface area contributed by atoms with E-state index in [9.17, 15) is 27.6 Å². The maximum Gasteiger partial charge on any atom is 0.390 e. The summed E-state index contributed by atoms with van der Waals surface area (Å²) in [5.74, 6) is -0.723. The van der Waals surface area contributed by atoms with Gasteiger partial charge in [0, 0.05) is 30.6 Å². The van der Waals surface area contributed by atoms with Crippen molar-refractivity contribution in [2.75, 3.05) is 0 Å². The first-order valence-corrected chi connectivity index (χ1v) is 11.7. The van der Waals surface area contributed by atoms with Crippen LogP contribution in [0.4, 0.5) is 13.2 Å². The molecule has 4 rings (SSSR count). The monoisotopic (exact) mass is 465 g/mol. The molecule has 0 bridgehead atoms. The zero-order chi connectivity index (χ0) is 23.8. The zero-order valence-electron chi connectivity index (χ0n) is 18.7. The summed E-state index contributed by atoms with van der Waals surface area (Å²) in [4.78, 5) is 38.1. The van der Waals surface area contributed by atoms with Gasteiger partial charge < -0.3 is 10.2 Å². The highest BCUT2D eigenvalue weighted by atomic mass is 19.4. The topological polar surface area (TPSA) is 78.5 Å². The van der Waals surface area contributed by atoms with Crippen molar-refractivity contribution in [3.8, 4) is 0 Å². The lowest BCUT2D eigenvalue weighted by Gasteiger charge is -2.35. The van der Waals surface area contributed by atoms with Gasteiger partial charge in [-0.1, -0.05) is 25.0 Å². The fourth-order valence-electron chi connectivity index (χ4n) is 5.50. The smallest absolute Gasteiger partial charge is 0.322 e. The highest BCUT2D eigenvalue weighted by molar-refractivity contribution is 6.05. The number of carbonyl (C=O) groups excluding carboxylic acids is 3. The molecule has 1 saturated heterocycles. The first kappa shape index (κ1) is 23.7. The van der Waals surface area contributed by atoms with E-state index < -0.39 is 30.6 Å². The average Bonchev–Trinajstić information content (AvgIpc) is 3.04. The molecule has 3 aliphatic rings. The summed E-state index contributed by atoms with van der Waals surface area (Å²) in [6.07, 6.45) is 0.124. The first-order chi connectivity index (χ1) is 15.6. The van der Waals surface area contributed by atoms with Crippen molar-refractivity contribution >= 4 is 17.7 Å². The van der Waals surface area contributed by atoms with E-state index >= 15 is 0 Å². The molecule has 3 amide bonds. The number of piperidine rings is 1. The minimum absolute atomic E-state index is 0.0333. The second kappa shape index (κ2) is 9.44. The summed E-state index contributed by atoms with van der Waals surface area (Å²) >= 11 is 0. The molecule has 0 radical (unpaired) electrons. The third-order valence-corrected chi connectivity index (χ3v) is 7.03. The number of rotatable bonds is 6. The van der Waals surface area contributed by atoms with E-state index in [1.165, 1.54) is 4.90 Å². The lowest BCUT2D eigenvalue weighted by Crippen LogP contribution is -2.52. The van der Waals surface area contributed by atoms with Crippen molar-refractivity contribution in [1.82, 2.24) is 15.5 Å². The second-order valence-corrected chi connectivity index (χ2v) is 9.63. The summed E-state index contributed by atoms with van der Waals surface area (Å²) in [5.41, 5.74) is 2.47. The number of amides is 3. The quantitative estimate of drug-likeness (QED) is 0.631. The van der Waals surface area contributed by atoms with Crippen LogP contribution in [0.5, 0.6) is 0 Å². The van der Waals surface area contributed by atoms with Gasteiger partial charge >= 0.3 is 6.18 Å². The molecule has 0 aromatic heterocycles. The predicted octanol–water partition coefficient (Wildman–Crippen LogP) is 3.48. The van der Waals surface area contributed by atoms with Crippen LogP contribution in [-0.4, -0.2) is 46.9 Å². The third kappa shape index (κ3) is 5.57. The number of fused-ring (bicyclic) bond motifs is 1. The Hall–Kier alpha value is -2.42. The molecule has 1 aliphatic carbocycles. The second-order valence-electron chi connectivity index (χ2n) is 9.63. The van der Waals surface area contributed by atoms with Crippen LogP contribution >= 0.6 is 0 Å². The van der Waals surface area contributed by atoms with Crippen molar-refractivity contribution in [3.05, 3.63) is 34.9 Å². The van der Waals surface area contributed by atoms with Crippen LogP contribution in [0.25, 0.3) is 0 Å². The SMILES string of the molecule is C[C@@H](CC(F)(F)F)N[C@H]1CCCC[C@@H]1Cc1ccc2c(c1)CN(C1CCC(=O)NC1=O)C2=O. The van der Waals surface area contributed by atoms with Crippen LogP contribution in [-0.2, 0) is 22.6 Å². The van der Waals surface area contributed by atoms with Gasteiger partial charge in [-0.2, -0.15) is 13.2 Å². The Morgan fingerprint density at radius 2 is 1.91 bits per heavy atom. The van der Waals surface area contributed by atoms with Gasteiger partial charge in [-0.05, 0) is 55.7 Å². The van der Waals surface area contributed by atoms with Crippen molar-refractivity contribution < 1.29 is 27.6 Å². The van der Waals surface area contributed by atoms with Crippen molar-refractivity contribution in [2.24, 2.45) is 5.92 Å². The molecule has 2 heterocycles. The van der Waals surface area contributed by atoms with E-state index in [1.807, 2.05) is 12.1 Å². The Morgan fingerprint density at radius 3 is 2.64 bits per heavy atom. The minimum atomic E-state index is -4.18. The number of nitrogens with zero attached hydrogens (tertiary/aromatic N) is 1. The zero-order valence-corrected chi connectivity index (χ0v) is 18.7. The van der Waals surface area contributed by atoms with Gasteiger partial charge in [0.25, 0.3) is 5.91 Å². The number of nitrogens with one attached hydrogen (secondary N) is 2. The Labute approximate surface area is 191 Å². The number of hydrogen-bond donors (Lipinski definition) is 2. The molecule has 4 atom stereocenters. The minimum Gasteiger partial charge on any atom is -0.322 e. The lowest BCUT2D eigenvalue weighted by atomic mass is 9.80. The first-order valence-electron chi connectivity index (χ1n) is 11.7. The van der Waals surface area contributed by atoms with Gasteiger partial charge in [0.2, 0.25) is 11.8 Å². The molecule has 2 N–H and O–H groups in total. The molecule has 2 fully saturated rings. The summed E-state index contributed by atoms with van der Waals surface area (Å²) < 4.78 is 38.3. The van der Waals surface area contributed by atoms with Crippen LogP contribution in [0.1, 0.15) is 73.4 Å². The summed E-state index contributed by atoms with van der Waals surface area (Å²) in [6, 6.07) is 4.45. The molecule has 33 heavy (non-hydrogen) atoms. The van der Waals surface area contributed by atoms with E-state index in [2.05, 4.69) is 10.6 Å². The molecular formula is C24H30F3N3O3. The predicted molar refractivity (Wildman–Crippen MR) is 115 cm³/mol. The van der Waals surface area contributed by atoms with Crippen molar-refractivity contribution in [1.29, 1.82) is 0 Å². The molecule has 180 valence electrons.